The molecule has 0 aliphatic rings. The molecule has 0 heterocycles. The van der Waals surface area contributed by atoms with Gasteiger partial charge in [-0.15, -0.1) is 0 Å². The van der Waals surface area contributed by atoms with Crippen molar-refractivity contribution in [1.29, 1.82) is 0 Å². The van der Waals surface area contributed by atoms with E-state index in [4.69, 9.17) is 4.74 Å². The number of ether oxygens (including phenoxy) is 1. The van der Waals surface area contributed by atoms with E-state index in [2.05, 4.69) is 11.9 Å². The number of halogens is 3. The number of alkyl halides is 3. The van der Waals surface area contributed by atoms with Gasteiger partial charge in [0.05, 0.1) is 11.3 Å². The topological polar surface area (TPSA) is 58.6 Å². The van der Waals surface area contributed by atoms with Crippen LogP contribution in [0.15, 0.2) is 55.1 Å². The van der Waals surface area contributed by atoms with Gasteiger partial charge in [0.2, 0.25) is 5.91 Å². The molecule has 0 unspecified atom stereocenters. The van der Waals surface area contributed by atoms with Gasteiger partial charge in [-0.2, -0.15) is 13.2 Å². The standard InChI is InChI=1S/C19H17F3N2O3/c1-4-17(25)23-15-10-12(18(26)24(2)3)8-9-16(15)27-14-7-5-6-13(11-14)19(20,21)22/h4-11H,1H2,2-3H3,(H,23,25). The van der Waals surface area contributed by atoms with Gasteiger partial charge in [-0.05, 0) is 42.5 Å². The van der Waals surface area contributed by atoms with Crippen LogP contribution in [0.3, 0.4) is 0 Å². The Morgan fingerprint density at radius 1 is 1.15 bits per heavy atom. The summed E-state index contributed by atoms with van der Waals surface area (Å²) in [5.74, 6) is -0.849. The van der Waals surface area contributed by atoms with Crippen LogP contribution in [-0.4, -0.2) is 30.8 Å². The van der Waals surface area contributed by atoms with Gasteiger partial charge in [0.1, 0.15) is 5.75 Å². The minimum atomic E-state index is -4.51. The highest BCUT2D eigenvalue weighted by Gasteiger charge is 2.30. The van der Waals surface area contributed by atoms with Crippen molar-refractivity contribution in [2.75, 3.05) is 19.4 Å². The fraction of sp³-hybridized carbons (Fsp3) is 0.158. The molecule has 0 saturated heterocycles. The molecule has 0 fully saturated rings. The largest absolute Gasteiger partial charge is 0.455 e. The van der Waals surface area contributed by atoms with E-state index in [1.165, 1.54) is 35.2 Å². The summed E-state index contributed by atoms with van der Waals surface area (Å²) in [5, 5.41) is 2.48. The number of hydrogen-bond acceptors (Lipinski definition) is 3. The quantitative estimate of drug-likeness (QED) is 0.788. The van der Waals surface area contributed by atoms with Crippen molar-refractivity contribution < 1.29 is 27.5 Å². The van der Waals surface area contributed by atoms with Crippen LogP contribution in [0.25, 0.3) is 0 Å². The molecule has 0 radical (unpaired) electrons. The second-order valence-electron chi connectivity index (χ2n) is 5.73. The number of carbonyl (C=O) groups is 2. The van der Waals surface area contributed by atoms with E-state index in [1.54, 1.807) is 14.1 Å². The minimum Gasteiger partial charge on any atom is -0.455 e. The molecule has 0 atom stereocenters. The number of amides is 2. The fourth-order valence-electron chi connectivity index (χ4n) is 2.15. The average Bonchev–Trinajstić information content (AvgIpc) is 2.61. The molecular formula is C19H17F3N2O3. The van der Waals surface area contributed by atoms with Gasteiger partial charge < -0.3 is 15.0 Å². The lowest BCUT2D eigenvalue weighted by Crippen LogP contribution is -2.22. The van der Waals surface area contributed by atoms with Crippen LogP contribution in [0.2, 0.25) is 0 Å². The van der Waals surface area contributed by atoms with E-state index in [0.717, 1.165) is 18.2 Å². The third-order valence-corrected chi connectivity index (χ3v) is 3.47. The van der Waals surface area contributed by atoms with Crippen molar-refractivity contribution in [3.63, 3.8) is 0 Å². The molecule has 5 nitrogen and oxygen atoms in total. The fourth-order valence-corrected chi connectivity index (χ4v) is 2.15. The van der Waals surface area contributed by atoms with Crippen molar-refractivity contribution in [2.45, 2.75) is 6.18 Å². The summed E-state index contributed by atoms with van der Waals surface area (Å²) in [4.78, 5) is 25.1. The molecule has 2 aromatic rings. The van der Waals surface area contributed by atoms with Gasteiger partial charge >= 0.3 is 6.18 Å². The molecule has 2 rings (SSSR count). The first-order valence-electron chi connectivity index (χ1n) is 7.76. The minimum absolute atomic E-state index is 0.0642. The van der Waals surface area contributed by atoms with Crippen LogP contribution < -0.4 is 10.1 Å². The lowest BCUT2D eigenvalue weighted by molar-refractivity contribution is -0.137. The van der Waals surface area contributed by atoms with Gasteiger partial charge in [-0.25, -0.2) is 0 Å². The van der Waals surface area contributed by atoms with E-state index in [-0.39, 0.29) is 28.7 Å². The van der Waals surface area contributed by atoms with Crippen molar-refractivity contribution >= 4 is 17.5 Å². The summed E-state index contributed by atoms with van der Waals surface area (Å²) in [6, 6.07) is 8.57. The average molecular weight is 378 g/mol. The molecule has 142 valence electrons. The van der Waals surface area contributed by atoms with Gasteiger partial charge in [-0.3, -0.25) is 9.59 Å². The maximum atomic E-state index is 12.9. The predicted molar refractivity (Wildman–Crippen MR) is 94.8 cm³/mol. The van der Waals surface area contributed by atoms with E-state index < -0.39 is 17.6 Å². The zero-order chi connectivity index (χ0) is 20.2. The third kappa shape index (κ3) is 5.10. The van der Waals surface area contributed by atoms with Crippen LogP contribution in [0.4, 0.5) is 18.9 Å². The molecule has 0 saturated carbocycles. The molecule has 8 heteroatoms. The highest BCUT2D eigenvalue weighted by atomic mass is 19.4. The Morgan fingerprint density at radius 3 is 2.44 bits per heavy atom. The number of nitrogens with zero attached hydrogens (tertiary/aromatic N) is 1. The maximum Gasteiger partial charge on any atom is 0.416 e. The second-order valence-corrected chi connectivity index (χ2v) is 5.73. The summed E-state index contributed by atoms with van der Waals surface area (Å²) in [7, 11) is 3.13. The molecule has 0 spiro atoms. The van der Waals surface area contributed by atoms with Gasteiger partial charge in [0.25, 0.3) is 5.91 Å². The molecule has 1 N–H and O–H groups in total. The molecule has 0 bridgehead atoms. The highest BCUT2D eigenvalue weighted by molar-refractivity contribution is 6.02. The lowest BCUT2D eigenvalue weighted by atomic mass is 10.1. The first-order valence-corrected chi connectivity index (χ1v) is 7.76. The third-order valence-electron chi connectivity index (χ3n) is 3.47. The SMILES string of the molecule is C=CC(=O)Nc1cc(C(=O)N(C)C)ccc1Oc1cccc(C(F)(F)F)c1. The Hall–Kier alpha value is -3.29. The summed E-state index contributed by atoms with van der Waals surface area (Å²) >= 11 is 0. The van der Waals surface area contributed by atoms with Crippen molar-refractivity contribution in [2.24, 2.45) is 0 Å². The Labute approximate surface area is 154 Å². The summed E-state index contributed by atoms with van der Waals surface area (Å²) < 4.78 is 44.1. The smallest absolute Gasteiger partial charge is 0.416 e. The summed E-state index contributed by atoms with van der Waals surface area (Å²) in [6.07, 6.45) is -3.49. The van der Waals surface area contributed by atoms with E-state index in [0.29, 0.717) is 0 Å². The summed E-state index contributed by atoms with van der Waals surface area (Å²) in [6.45, 7) is 3.34. The maximum absolute atomic E-state index is 12.9. The normalized spacial score (nSPS) is 10.9. The summed E-state index contributed by atoms with van der Waals surface area (Å²) in [5.41, 5.74) is -0.461. The first-order chi connectivity index (χ1) is 12.6. The first kappa shape index (κ1) is 20.0. The number of rotatable bonds is 5. The lowest BCUT2D eigenvalue weighted by Gasteiger charge is -2.16. The second kappa shape index (κ2) is 7.94. The molecule has 0 aromatic heterocycles. The van der Waals surface area contributed by atoms with Crippen LogP contribution in [0.5, 0.6) is 11.5 Å². The van der Waals surface area contributed by atoms with Crippen molar-refractivity contribution in [1.82, 2.24) is 4.90 Å². The molecule has 2 amide bonds. The van der Waals surface area contributed by atoms with Crippen molar-refractivity contribution in [3.8, 4) is 11.5 Å². The van der Waals surface area contributed by atoms with Crippen LogP contribution in [0, 0.1) is 0 Å². The molecule has 0 aliphatic heterocycles. The van der Waals surface area contributed by atoms with E-state index in [9.17, 15) is 22.8 Å². The van der Waals surface area contributed by atoms with E-state index in [1.807, 2.05) is 0 Å². The number of nitrogens with one attached hydrogen (secondary N) is 1. The predicted octanol–water partition coefficient (Wildman–Crippen LogP) is 4.32. The molecule has 27 heavy (non-hydrogen) atoms. The Bertz CT molecular complexity index is 877. The monoisotopic (exact) mass is 378 g/mol. The molecule has 0 aliphatic carbocycles. The Morgan fingerprint density at radius 2 is 1.85 bits per heavy atom. The van der Waals surface area contributed by atoms with E-state index >= 15 is 0 Å². The molecular weight excluding hydrogens is 361 g/mol. The van der Waals surface area contributed by atoms with Gasteiger partial charge in [-0.1, -0.05) is 12.6 Å². The number of carbonyl (C=O) groups excluding carboxylic acids is 2. The number of hydrogen-bond donors (Lipinski definition) is 1. The highest BCUT2D eigenvalue weighted by Crippen LogP contribution is 2.35. The number of anilines is 1. The van der Waals surface area contributed by atoms with Crippen molar-refractivity contribution in [3.05, 3.63) is 66.2 Å². The Balaban J connectivity index is 2.41. The number of benzene rings is 2. The molecule has 2 aromatic carbocycles. The zero-order valence-electron chi connectivity index (χ0n) is 14.6. The van der Waals surface area contributed by atoms with Gasteiger partial charge in [0, 0.05) is 19.7 Å². The van der Waals surface area contributed by atoms with Crippen LogP contribution in [-0.2, 0) is 11.0 Å². The zero-order valence-corrected chi connectivity index (χ0v) is 14.6. The Kier molecular flexibility index (Phi) is 5.89. The van der Waals surface area contributed by atoms with Gasteiger partial charge in [0.15, 0.2) is 5.75 Å². The van der Waals surface area contributed by atoms with Crippen LogP contribution in [0.1, 0.15) is 15.9 Å². The van der Waals surface area contributed by atoms with Crippen LogP contribution >= 0.6 is 0 Å².